The van der Waals surface area contributed by atoms with E-state index in [-0.39, 0.29) is 12.4 Å². The van der Waals surface area contributed by atoms with Gasteiger partial charge >= 0.3 is 0 Å². The van der Waals surface area contributed by atoms with E-state index in [4.69, 9.17) is 5.73 Å². The summed E-state index contributed by atoms with van der Waals surface area (Å²) in [5.74, 6) is -0.195. The Morgan fingerprint density at radius 2 is 1.94 bits per heavy atom. The molecule has 2 rings (SSSR count). The first-order valence-corrected chi connectivity index (χ1v) is 5.62. The van der Waals surface area contributed by atoms with Gasteiger partial charge in [-0.05, 0) is 19.2 Å². The van der Waals surface area contributed by atoms with Crippen LogP contribution >= 0.6 is 0 Å². The van der Waals surface area contributed by atoms with Crippen molar-refractivity contribution in [2.45, 2.75) is 6.54 Å². The average Bonchev–Trinajstić information content (AvgIpc) is 2.30. The quantitative estimate of drug-likeness (QED) is 0.813. The van der Waals surface area contributed by atoms with Crippen LogP contribution in [0.4, 0.5) is 10.1 Å². The molecule has 0 atom stereocenters. The molecule has 1 aromatic rings. The van der Waals surface area contributed by atoms with E-state index in [1.807, 2.05) is 6.07 Å². The lowest BCUT2D eigenvalue weighted by molar-refractivity contribution is 0.312. The summed E-state index contributed by atoms with van der Waals surface area (Å²) in [4.78, 5) is 4.49. The van der Waals surface area contributed by atoms with E-state index in [0.717, 1.165) is 31.9 Å². The van der Waals surface area contributed by atoms with Gasteiger partial charge in [0.05, 0.1) is 0 Å². The number of rotatable bonds is 2. The Bertz CT molecular complexity index is 359. The van der Waals surface area contributed by atoms with Crippen molar-refractivity contribution >= 4 is 5.69 Å². The molecule has 1 aliphatic rings. The Morgan fingerprint density at radius 1 is 1.25 bits per heavy atom. The molecule has 1 heterocycles. The molecule has 0 spiro atoms. The Labute approximate surface area is 95.6 Å². The van der Waals surface area contributed by atoms with Gasteiger partial charge in [-0.2, -0.15) is 0 Å². The van der Waals surface area contributed by atoms with Gasteiger partial charge in [0.2, 0.25) is 0 Å². The number of anilines is 1. The molecule has 88 valence electrons. The highest BCUT2D eigenvalue weighted by molar-refractivity contribution is 5.48. The molecule has 0 saturated carbocycles. The minimum atomic E-state index is -0.195. The third kappa shape index (κ3) is 2.33. The van der Waals surface area contributed by atoms with E-state index < -0.39 is 0 Å². The Kier molecular flexibility index (Phi) is 3.41. The van der Waals surface area contributed by atoms with E-state index in [1.54, 1.807) is 12.1 Å². The monoisotopic (exact) mass is 223 g/mol. The zero-order valence-electron chi connectivity index (χ0n) is 9.62. The van der Waals surface area contributed by atoms with Gasteiger partial charge in [-0.15, -0.1) is 0 Å². The predicted octanol–water partition coefficient (Wildman–Crippen LogP) is 1.04. The molecular formula is C12H18FN3. The van der Waals surface area contributed by atoms with Crippen molar-refractivity contribution < 1.29 is 4.39 Å². The summed E-state index contributed by atoms with van der Waals surface area (Å²) in [6.07, 6.45) is 0. The fourth-order valence-electron chi connectivity index (χ4n) is 1.96. The van der Waals surface area contributed by atoms with Crippen LogP contribution in [-0.4, -0.2) is 38.1 Å². The fourth-order valence-corrected chi connectivity index (χ4v) is 1.96. The minimum Gasteiger partial charge on any atom is -0.369 e. The highest BCUT2D eigenvalue weighted by Gasteiger charge is 2.15. The van der Waals surface area contributed by atoms with Gasteiger partial charge in [0.25, 0.3) is 0 Å². The molecule has 0 amide bonds. The lowest BCUT2D eigenvalue weighted by Gasteiger charge is -2.34. The van der Waals surface area contributed by atoms with Gasteiger partial charge in [-0.1, -0.05) is 6.07 Å². The van der Waals surface area contributed by atoms with Crippen LogP contribution < -0.4 is 10.6 Å². The maximum atomic E-state index is 13.6. The minimum absolute atomic E-state index is 0.195. The van der Waals surface area contributed by atoms with Crippen LogP contribution in [0.2, 0.25) is 0 Å². The molecule has 0 radical (unpaired) electrons. The number of hydrogen-bond donors (Lipinski definition) is 1. The number of piperazine rings is 1. The molecule has 0 unspecified atom stereocenters. The molecule has 0 aromatic heterocycles. The van der Waals surface area contributed by atoms with Crippen LogP contribution in [0.5, 0.6) is 0 Å². The van der Waals surface area contributed by atoms with Gasteiger partial charge in [0.15, 0.2) is 0 Å². The Morgan fingerprint density at radius 3 is 2.50 bits per heavy atom. The lowest BCUT2D eigenvalue weighted by Crippen LogP contribution is -2.44. The molecule has 16 heavy (non-hydrogen) atoms. The zero-order valence-corrected chi connectivity index (χ0v) is 9.62. The van der Waals surface area contributed by atoms with Crippen molar-refractivity contribution in [2.24, 2.45) is 5.73 Å². The molecule has 3 nitrogen and oxygen atoms in total. The summed E-state index contributed by atoms with van der Waals surface area (Å²) in [6.45, 7) is 4.23. The molecule has 1 aromatic carbocycles. The first kappa shape index (κ1) is 11.4. The van der Waals surface area contributed by atoms with E-state index in [2.05, 4.69) is 16.8 Å². The molecule has 0 bridgehead atoms. The molecule has 2 N–H and O–H groups in total. The summed E-state index contributed by atoms with van der Waals surface area (Å²) in [5, 5.41) is 0. The summed E-state index contributed by atoms with van der Waals surface area (Å²) in [6, 6.07) is 5.33. The first-order chi connectivity index (χ1) is 7.70. The van der Waals surface area contributed by atoms with Gasteiger partial charge in [0.1, 0.15) is 5.82 Å². The van der Waals surface area contributed by atoms with Crippen molar-refractivity contribution in [3.8, 4) is 0 Å². The van der Waals surface area contributed by atoms with Crippen LogP contribution in [0, 0.1) is 5.82 Å². The average molecular weight is 223 g/mol. The normalized spacial score (nSPS) is 17.8. The van der Waals surface area contributed by atoms with Gasteiger partial charge in [-0.3, -0.25) is 0 Å². The van der Waals surface area contributed by atoms with Gasteiger partial charge < -0.3 is 15.5 Å². The Hall–Kier alpha value is -1.13. The molecule has 1 saturated heterocycles. The van der Waals surface area contributed by atoms with Crippen molar-refractivity contribution in [3.63, 3.8) is 0 Å². The summed E-state index contributed by atoms with van der Waals surface area (Å²) >= 11 is 0. The number of benzene rings is 1. The van der Waals surface area contributed by atoms with E-state index in [1.165, 1.54) is 0 Å². The zero-order chi connectivity index (χ0) is 11.5. The van der Waals surface area contributed by atoms with Crippen molar-refractivity contribution in [1.29, 1.82) is 0 Å². The third-order valence-electron chi connectivity index (χ3n) is 3.12. The van der Waals surface area contributed by atoms with Crippen molar-refractivity contribution in [2.75, 3.05) is 38.1 Å². The second-order valence-corrected chi connectivity index (χ2v) is 4.27. The highest BCUT2D eigenvalue weighted by Crippen LogP contribution is 2.19. The van der Waals surface area contributed by atoms with E-state index in [9.17, 15) is 4.39 Å². The van der Waals surface area contributed by atoms with Crippen LogP contribution in [0.1, 0.15) is 5.56 Å². The van der Waals surface area contributed by atoms with Gasteiger partial charge in [-0.25, -0.2) is 4.39 Å². The van der Waals surface area contributed by atoms with Crippen molar-refractivity contribution in [3.05, 3.63) is 29.6 Å². The largest absolute Gasteiger partial charge is 0.369 e. The SMILES string of the molecule is CN1CCN(c2ccc(CN)c(F)c2)CC1. The number of hydrogen-bond acceptors (Lipinski definition) is 3. The maximum absolute atomic E-state index is 13.6. The number of likely N-dealkylation sites (N-methyl/N-ethyl adjacent to an activating group) is 1. The number of nitrogens with two attached hydrogens (primary N) is 1. The molecular weight excluding hydrogens is 205 g/mol. The molecule has 0 aliphatic carbocycles. The molecule has 1 fully saturated rings. The lowest BCUT2D eigenvalue weighted by atomic mass is 10.1. The predicted molar refractivity (Wildman–Crippen MR) is 64.0 cm³/mol. The first-order valence-electron chi connectivity index (χ1n) is 5.62. The van der Waals surface area contributed by atoms with E-state index in [0.29, 0.717) is 5.56 Å². The van der Waals surface area contributed by atoms with Crippen molar-refractivity contribution in [1.82, 2.24) is 4.90 Å². The summed E-state index contributed by atoms with van der Waals surface area (Å²) in [7, 11) is 2.11. The smallest absolute Gasteiger partial charge is 0.129 e. The standard InChI is InChI=1S/C12H18FN3/c1-15-4-6-16(7-5-15)11-3-2-10(9-14)12(13)8-11/h2-3,8H,4-7,9,14H2,1H3. The van der Waals surface area contributed by atoms with Crippen LogP contribution in [0.3, 0.4) is 0 Å². The van der Waals surface area contributed by atoms with Gasteiger partial charge in [0, 0.05) is 44.0 Å². The Balaban J connectivity index is 2.12. The second-order valence-electron chi connectivity index (χ2n) is 4.27. The maximum Gasteiger partial charge on any atom is 0.129 e. The van der Waals surface area contributed by atoms with Crippen LogP contribution in [0.25, 0.3) is 0 Å². The fraction of sp³-hybridized carbons (Fsp3) is 0.500. The number of nitrogens with zero attached hydrogens (tertiary/aromatic N) is 2. The highest BCUT2D eigenvalue weighted by atomic mass is 19.1. The molecule has 1 aliphatic heterocycles. The number of halogens is 1. The second kappa shape index (κ2) is 4.80. The molecule has 4 heteroatoms. The van der Waals surface area contributed by atoms with Crippen LogP contribution in [-0.2, 0) is 6.54 Å². The van der Waals surface area contributed by atoms with E-state index >= 15 is 0 Å². The summed E-state index contributed by atoms with van der Waals surface area (Å²) in [5.41, 5.74) is 6.98. The van der Waals surface area contributed by atoms with Crippen LogP contribution in [0.15, 0.2) is 18.2 Å². The topological polar surface area (TPSA) is 32.5 Å². The summed E-state index contributed by atoms with van der Waals surface area (Å²) < 4.78 is 13.6. The third-order valence-corrected chi connectivity index (χ3v) is 3.12.